The van der Waals surface area contributed by atoms with Crippen LogP contribution in [-0.2, 0) is 16.1 Å². The molecular formula is C13H18N6O2. The molecule has 8 nitrogen and oxygen atoms in total. The maximum atomic E-state index is 12.4. The van der Waals surface area contributed by atoms with Gasteiger partial charge in [0.1, 0.15) is 17.8 Å². The van der Waals surface area contributed by atoms with Gasteiger partial charge in [-0.05, 0) is 20.3 Å². The van der Waals surface area contributed by atoms with Gasteiger partial charge >= 0.3 is 0 Å². The molecule has 3 heterocycles. The first-order chi connectivity index (χ1) is 10.2. The molecule has 0 spiro atoms. The molecule has 1 amide bonds. The molecule has 21 heavy (non-hydrogen) atoms. The molecule has 0 bridgehead atoms. The number of carbonyl (C=O) groups excluding carboxylic acids is 1. The van der Waals surface area contributed by atoms with Crippen molar-refractivity contribution in [3.8, 4) is 0 Å². The number of carbonyl (C=O) groups is 1. The van der Waals surface area contributed by atoms with E-state index in [0.29, 0.717) is 24.8 Å². The molecule has 0 radical (unpaired) electrons. The zero-order valence-electron chi connectivity index (χ0n) is 12.0. The lowest BCUT2D eigenvalue weighted by atomic mass is 10.00. The summed E-state index contributed by atoms with van der Waals surface area (Å²) in [7, 11) is 0. The number of rotatable bonds is 4. The Bertz CT molecular complexity index is 634. The topological polar surface area (TPSA) is 97.7 Å². The minimum Gasteiger partial charge on any atom is -0.369 e. The summed E-state index contributed by atoms with van der Waals surface area (Å²) in [5.41, 5.74) is 0. The number of amides is 1. The van der Waals surface area contributed by atoms with Crippen molar-refractivity contribution in [3.05, 3.63) is 24.0 Å². The fourth-order valence-corrected chi connectivity index (χ4v) is 2.56. The van der Waals surface area contributed by atoms with E-state index < -0.39 is 0 Å². The van der Waals surface area contributed by atoms with E-state index in [1.54, 1.807) is 13.1 Å². The molecule has 0 aliphatic carbocycles. The van der Waals surface area contributed by atoms with Crippen LogP contribution in [0.25, 0.3) is 0 Å². The van der Waals surface area contributed by atoms with Gasteiger partial charge in [0.25, 0.3) is 0 Å². The molecule has 1 aliphatic rings. The van der Waals surface area contributed by atoms with Crippen LogP contribution in [-0.4, -0.2) is 37.2 Å². The zero-order valence-corrected chi connectivity index (χ0v) is 12.0. The van der Waals surface area contributed by atoms with Gasteiger partial charge in [0.15, 0.2) is 0 Å². The van der Waals surface area contributed by atoms with Gasteiger partial charge in [-0.3, -0.25) is 15.2 Å². The molecular weight excluding hydrogens is 272 g/mol. The summed E-state index contributed by atoms with van der Waals surface area (Å²) in [4.78, 5) is 20.8. The number of H-pyrrole nitrogens is 1. The average Bonchev–Trinajstić information content (AvgIpc) is 3.16. The highest BCUT2D eigenvalue weighted by Gasteiger charge is 2.38. The molecule has 2 N–H and O–H groups in total. The van der Waals surface area contributed by atoms with Crippen molar-refractivity contribution in [3.63, 3.8) is 0 Å². The van der Waals surface area contributed by atoms with Gasteiger partial charge in [-0.15, -0.1) is 5.10 Å². The normalized spacial score (nSPS) is 21.6. The number of hydrogen-bond acceptors (Lipinski definition) is 5. The monoisotopic (exact) mass is 290 g/mol. The minimum atomic E-state index is -0.319. The Labute approximate surface area is 121 Å². The number of imidazole rings is 1. The van der Waals surface area contributed by atoms with Crippen molar-refractivity contribution >= 4 is 11.9 Å². The highest BCUT2D eigenvalue weighted by atomic mass is 16.5. The van der Waals surface area contributed by atoms with Crippen LogP contribution in [0.2, 0.25) is 0 Å². The fourth-order valence-electron chi connectivity index (χ4n) is 2.56. The predicted molar refractivity (Wildman–Crippen MR) is 74.5 cm³/mol. The Morgan fingerprint density at radius 2 is 2.48 bits per heavy atom. The van der Waals surface area contributed by atoms with Crippen molar-refractivity contribution in [2.24, 2.45) is 5.92 Å². The van der Waals surface area contributed by atoms with Crippen molar-refractivity contribution in [1.29, 1.82) is 0 Å². The molecule has 1 saturated heterocycles. The van der Waals surface area contributed by atoms with E-state index in [0.717, 1.165) is 12.4 Å². The number of aromatic amines is 1. The number of anilines is 1. The lowest BCUT2D eigenvalue weighted by molar-refractivity contribution is -0.121. The number of aromatic nitrogens is 5. The van der Waals surface area contributed by atoms with Crippen LogP contribution in [0.3, 0.4) is 0 Å². The van der Waals surface area contributed by atoms with Crippen molar-refractivity contribution < 1.29 is 9.53 Å². The molecule has 1 aliphatic heterocycles. The first kappa shape index (κ1) is 13.7. The summed E-state index contributed by atoms with van der Waals surface area (Å²) in [6.45, 7) is 5.16. The number of ether oxygens (including phenoxy) is 1. The van der Waals surface area contributed by atoms with Crippen molar-refractivity contribution in [1.82, 2.24) is 24.7 Å². The molecule has 2 aromatic heterocycles. The van der Waals surface area contributed by atoms with E-state index in [2.05, 4.69) is 25.5 Å². The predicted octanol–water partition coefficient (Wildman–Crippen LogP) is 1.05. The minimum absolute atomic E-state index is 0.137. The van der Waals surface area contributed by atoms with E-state index in [1.165, 1.54) is 0 Å². The third kappa shape index (κ3) is 2.66. The lowest BCUT2D eigenvalue weighted by Gasteiger charge is -2.17. The summed E-state index contributed by atoms with van der Waals surface area (Å²) in [6, 6.07) is 0. The average molecular weight is 290 g/mol. The highest BCUT2D eigenvalue weighted by Crippen LogP contribution is 2.34. The van der Waals surface area contributed by atoms with Crippen molar-refractivity contribution in [2.45, 2.75) is 32.9 Å². The quantitative estimate of drug-likeness (QED) is 0.877. The lowest BCUT2D eigenvalue weighted by Crippen LogP contribution is -2.27. The van der Waals surface area contributed by atoms with Crippen LogP contribution >= 0.6 is 0 Å². The third-order valence-corrected chi connectivity index (χ3v) is 3.60. The number of hydrogen-bond donors (Lipinski definition) is 2. The first-order valence-corrected chi connectivity index (χ1v) is 7.01. The smallest absolute Gasteiger partial charge is 0.248 e. The molecule has 0 saturated carbocycles. The number of nitrogens with zero attached hydrogens (tertiary/aromatic N) is 4. The summed E-state index contributed by atoms with van der Waals surface area (Å²) in [5.74, 6) is 1.33. The first-order valence-electron chi connectivity index (χ1n) is 7.01. The molecule has 0 aromatic carbocycles. The molecule has 8 heteroatoms. The Hall–Kier alpha value is -2.22. The second-order valence-corrected chi connectivity index (χ2v) is 4.99. The summed E-state index contributed by atoms with van der Waals surface area (Å²) < 4.78 is 7.72. The van der Waals surface area contributed by atoms with E-state index in [1.807, 2.05) is 17.7 Å². The van der Waals surface area contributed by atoms with E-state index in [9.17, 15) is 4.79 Å². The number of aryl methyl sites for hydroxylation is 2. The molecule has 112 valence electrons. The van der Waals surface area contributed by atoms with Gasteiger partial charge < -0.3 is 9.30 Å². The van der Waals surface area contributed by atoms with Gasteiger partial charge in [-0.2, -0.15) is 4.98 Å². The molecule has 1 fully saturated rings. The van der Waals surface area contributed by atoms with Crippen LogP contribution in [0.15, 0.2) is 12.4 Å². The molecule has 2 aromatic rings. The second kappa shape index (κ2) is 5.65. The highest BCUT2D eigenvalue weighted by molar-refractivity contribution is 5.91. The standard InChI is InChI=1S/C13H18N6O2/c1-3-19-6-5-14-11(19)10-9(4-7-21-10)12(20)16-13-15-8(2)17-18-13/h5-6,9-10H,3-4,7H2,1-2H3,(H2,15,16,17,18,20)/t9-,10-/m1/s1. The van der Waals surface area contributed by atoms with Gasteiger partial charge in [0, 0.05) is 25.5 Å². The largest absolute Gasteiger partial charge is 0.369 e. The van der Waals surface area contributed by atoms with Gasteiger partial charge in [0.2, 0.25) is 11.9 Å². The van der Waals surface area contributed by atoms with Gasteiger partial charge in [0.05, 0.1) is 5.92 Å². The molecule has 2 atom stereocenters. The van der Waals surface area contributed by atoms with Gasteiger partial charge in [-0.25, -0.2) is 4.98 Å². The van der Waals surface area contributed by atoms with Crippen LogP contribution in [0.1, 0.15) is 31.1 Å². The van der Waals surface area contributed by atoms with Crippen LogP contribution in [0.5, 0.6) is 0 Å². The van der Waals surface area contributed by atoms with E-state index in [4.69, 9.17) is 4.74 Å². The maximum Gasteiger partial charge on any atom is 0.248 e. The van der Waals surface area contributed by atoms with Crippen molar-refractivity contribution in [2.75, 3.05) is 11.9 Å². The fraction of sp³-hybridized carbons (Fsp3) is 0.538. The zero-order chi connectivity index (χ0) is 14.8. The molecule has 0 unspecified atom stereocenters. The van der Waals surface area contributed by atoms with Crippen LogP contribution in [0.4, 0.5) is 5.95 Å². The van der Waals surface area contributed by atoms with E-state index >= 15 is 0 Å². The maximum absolute atomic E-state index is 12.4. The SMILES string of the molecule is CCn1ccnc1[C@@H]1OCC[C@H]1C(=O)Nc1n[nH]c(C)n1. The van der Waals surface area contributed by atoms with Gasteiger partial charge in [-0.1, -0.05) is 0 Å². The third-order valence-electron chi connectivity index (χ3n) is 3.60. The van der Waals surface area contributed by atoms with Crippen LogP contribution < -0.4 is 5.32 Å². The summed E-state index contributed by atoms with van der Waals surface area (Å²) >= 11 is 0. The summed E-state index contributed by atoms with van der Waals surface area (Å²) in [5, 5.41) is 9.34. The second-order valence-electron chi connectivity index (χ2n) is 4.99. The summed E-state index contributed by atoms with van der Waals surface area (Å²) in [6.07, 6.45) is 3.97. The Balaban J connectivity index is 1.76. The Kier molecular flexibility index (Phi) is 3.70. The number of nitrogens with one attached hydrogen (secondary N) is 2. The van der Waals surface area contributed by atoms with E-state index in [-0.39, 0.29) is 17.9 Å². The Morgan fingerprint density at radius 1 is 1.62 bits per heavy atom. The van der Waals surface area contributed by atoms with Crippen LogP contribution in [0, 0.1) is 12.8 Å². The molecule has 3 rings (SSSR count). The Morgan fingerprint density at radius 3 is 3.19 bits per heavy atom.